The number of rotatable bonds is 12. The van der Waals surface area contributed by atoms with Gasteiger partial charge in [-0.25, -0.2) is 0 Å². The van der Waals surface area contributed by atoms with Gasteiger partial charge < -0.3 is 18.0 Å². The maximum atomic E-state index is 6.07. The third-order valence-electron chi connectivity index (χ3n) is 2.99. The van der Waals surface area contributed by atoms with Gasteiger partial charge in [-0.05, 0) is 25.3 Å². The molecule has 0 spiro atoms. The molecule has 22 heavy (non-hydrogen) atoms. The van der Waals surface area contributed by atoms with Gasteiger partial charge in [0.05, 0.1) is 13.2 Å². The first-order chi connectivity index (χ1) is 10.6. The molecule has 0 fully saturated rings. The van der Waals surface area contributed by atoms with Crippen molar-refractivity contribution in [1.82, 2.24) is 0 Å². The highest BCUT2D eigenvalue weighted by Gasteiger charge is 2.40. The minimum Gasteiger partial charge on any atom is -0.379 e. The lowest BCUT2D eigenvalue weighted by Crippen LogP contribution is -2.49. The van der Waals surface area contributed by atoms with Gasteiger partial charge in [0, 0.05) is 25.9 Å². The molecule has 0 aliphatic carbocycles. The molecule has 0 aliphatic heterocycles. The average Bonchev–Trinajstić information content (AvgIpc) is 2.48. The van der Waals surface area contributed by atoms with E-state index in [4.69, 9.17) is 18.0 Å². The highest BCUT2D eigenvalue weighted by atomic mass is 28.4. The average molecular weight is 327 g/mol. The Kier molecular flexibility index (Phi) is 9.59. The molecule has 0 saturated carbocycles. The predicted octanol–water partition coefficient (Wildman–Crippen LogP) is 3.47. The topological polar surface area (TPSA) is 36.9 Å². The van der Waals surface area contributed by atoms with Crippen molar-refractivity contribution >= 4 is 8.80 Å². The van der Waals surface area contributed by atoms with Gasteiger partial charge in [-0.1, -0.05) is 44.2 Å². The molecule has 0 radical (unpaired) electrons. The number of hydrogen-bond acceptors (Lipinski definition) is 4. The molecule has 0 aromatic heterocycles. The smallest absolute Gasteiger partial charge is 0.379 e. The second kappa shape index (κ2) is 10.9. The van der Waals surface area contributed by atoms with E-state index in [1.165, 1.54) is 5.56 Å². The largest absolute Gasteiger partial charge is 0.505 e. The summed E-state index contributed by atoms with van der Waals surface area (Å²) in [7, 11) is -2.69. The van der Waals surface area contributed by atoms with Crippen molar-refractivity contribution < 1.29 is 18.0 Å². The number of hydrogen-bond donors (Lipinski definition) is 0. The summed E-state index contributed by atoms with van der Waals surface area (Å²) >= 11 is 0. The van der Waals surface area contributed by atoms with Crippen LogP contribution in [-0.4, -0.2) is 41.8 Å². The Bertz CT molecular complexity index is 378. The molecular weight excluding hydrogens is 296 g/mol. The van der Waals surface area contributed by atoms with Crippen LogP contribution in [0.2, 0.25) is 0 Å². The fourth-order valence-electron chi connectivity index (χ4n) is 2.14. The van der Waals surface area contributed by atoms with Crippen LogP contribution in [0.5, 0.6) is 0 Å². The van der Waals surface area contributed by atoms with Gasteiger partial charge in [0.15, 0.2) is 0 Å². The van der Waals surface area contributed by atoms with Gasteiger partial charge >= 0.3 is 8.80 Å². The van der Waals surface area contributed by atoms with Gasteiger partial charge in [0.1, 0.15) is 0 Å². The lowest BCUT2D eigenvalue weighted by atomic mass is 10.2. The van der Waals surface area contributed by atoms with Crippen LogP contribution in [0.3, 0.4) is 0 Å². The van der Waals surface area contributed by atoms with Gasteiger partial charge in [0.25, 0.3) is 0 Å². The SMILES string of the molecule is CCO[Si](Cc1ccccc1)(OCC)OCCOCC(C)C. The zero-order valence-electron chi connectivity index (χ0n) is 14.3. The van der Waals surface area contributed by atoms with Crippen LogP contribution in [0.1, 0.15) is 33.3 Å². The Balaban J connectivity index is 2.60. The lowest BCUT2D eigenvalue weighted by Gasteiger charge is -2.29. The van der Waals surface area contributed by atoms with Crippen molar-refractivity contribution in [3.05, 3.63) is 35.9 Å². The summed E-state index contributed by atoms with van der Waals surface area (Å²) in [5, 5.41) is 0. The normalized spacial score (nSPS) is 12.0. The van der Waals surface area contributed by atoms with E-state index in [-0.39, 0.29) is 0 Å². The molecule has 5 heteroatoms. The van der Waals surface area contributed by atoms with Gasteiger partial charge in [-0.2, -0.15) is 0 Å². The monoisotopic (exact) mass is 326 g/mol. The first-order valence-electron chi connectivity index (χ1n) is 8.15. The summed E-state index contributed by atoms with van der Waals surface area (Å²) in [6.45, 7) is 11.2. The van der Waals surface area contributed by atoms with Gasteiger partial charge in [0.2, 0.25) is 0 Å². The van der Waals surface area contributed by atoms with Crippen LogP contribution >= 0.6 is 0 Å². The van der Waals surface area contributed by atoms with Crippen LogP contribution in [0, 0.1) is 5.92 Å². The zero-order chi connectivity index (χ0) is 16.3. The quantitative estimate of drug-likeness (QED) is 0.435. The van der Waals surface area contributed by atoms with Crippen molar-refractivity contribution in [3.63, 3.8) is 0 Å². The van der Waals surface area contributed by atoms with Crippen LogP contribution in [0.25, 0.3) is 0 Å². The molecule has 0 saturated heterocycles. The van der Waals surface area contributed by atoms with Crippen LogP contribution in [0.15, 0.2) is 30.3 Å². The van der Waals surface area contributed by atoms with E-state index in [1.807, 2.05) is 32.0 Å². The maximum absolute atomic E-state index is 6.07. The Hall–Kier alpha value is -0.723. The summed E-state index contributed by atoms with van der Waals surface area (Å²) in [6.07, 6.45) is 0. The Labute approximate surface area is 136 Å². The van der Waals surface area contributed by atoms with Gasteiger partial charge in [-0.3, -0.25) is 0 Å². The summed E-state index contributed by atoms with van der Waals surface area (Å²) in [5.74, 6) is 0.533. The molecule has 126 valence electrons. The Morgan fingerprint density at radius 2 is 1.55 bits per heavy atom. The minimum atomic E-state index is -2.69. The van der Waals surface area contributed by atoms with Crippen molar-refractivity contribution in [2.75, 3.05) is 33.0 Å². The summed E-state index contributed by atoms with van der Waals surface area (Å²) < 4.78 is 23.5. The third-order valence-corrected chi connectivity index (χ3v) is 5.94. The number of benzene rings is 1. The first-order valence-corrected chi connectivity index (χ1v) is 10.1. The molecule has 1 rings (SSSR count). The molecule has 1 aromatic carbocycles. The zero-order valence-corrected chi connectivity index (χ0v) is 15.3. The molecule has 0 atom stereocenters. The lowest BCUT2D eigenvalue weighted by molar-refractivity contribution is 0.0277. The van der Waals surface area contributed by atoms with Crippen LogP contribution < -0.4 is 0 Å². The molecule has 0 unspecified atom stereocenters. The molecule has 0 N–H and O–H groups in total. The van der Waals surface area contributed by atoms with E-state index in [9.17, 15) is 0 Å². The van der Waals surface area contributed by atoms with Crippen LogP contribution in [-0.2, 0) is 24.1 Å². The van der Waals surface area contributed by atoms with E-state index < -0.39 is 8.80 Å². The summed E-state index contributed by atoms with van der Waals surface area (Å²) in [4.78, 5) is 0. The molecule has 4 nitrogen and oxygen atoms in total. The van der Waals surface area contributed by atoms with E-state index in [0.29, 0.717) is 38.4 Å². The Morgan fingerprint density at radius 3 is 2.09 bits per heavy atom. The molecule has 0 bridgehead atoms. The highest BCUT2D eigenvalue weighted by Crippen LogP contribution is 2.17. The van der Waals surface area contributed by atoms with E-state index in [0.717, 1.165) is 6.61 Å². The van der Waals surface area contributed by atoms with E-state index in [1.54, 1.807) is 0 Å². The van der Waals surface area contributed by atoms with Crippen molar-refractivity contribution in [1.29, 1.82) is 0 Å². The Morgan fingerprint density at radius 1 is 0.909 bits per heavy atom. The molecular formula is C17H30O4Si. The van der Waals surface area contributed by atoms with E-state index >= 15 is 0 Å². The molecule has 1 aromatic rings. The third kappa shape index (κ3) is 7.51. The van der Waals surface area contributed by atoms with Gasteiger partial charge in [-0.15, -0.1) is 0 Å². The van der Waals surface area contributed by atoms with E-state index in [2.05, 4.69) is 26.0 Å². The second-order valence-electron chi connectivity index (χ2n) is 5.53. The van der Waals surface area contributed by atoms with Crippen molar-refractivity contribution in [2.45, 2.75) is 33.7 Å². The van der Waals surface area contributed by atoms with Crippen LogP contribution in [0.4, 0.5) is 0 Å². The molecule has 0 amide bonds. The number of ether oxygens (including phenoxy) is 1. The summed E-state index contributed by atoms with van der Waals surface area (Å²) in [5.41, 5.74) is 1.18. The minimum absolute atomic E-state index is 0.506. The first kappa shape index (κ1) is 19.3. The van der Waals surface area contributed by atoms with Crippen molar-refractivity contribution in [3.8, 4) is 0 Å². The predicted molar refractivity (Wildman–Crippen MR) is 90.8 cm³/mol. The molecule has 0 aliphatic rings. The second-order valence-corrected chi connectivity index (χ2v) is 8.11. The molecule has 0 heterocycles. The fraction of sp³-hybridized carbons (Fsp3) is 0.647. The maximum Gasteiger partial charge on any atom is 0.505 e. The highest BCUT2D eigenvalue weighted by molar-refractivity contribution is 6.60. The van der Waals surface area contributed by atoms with Crippen molar-refractivity contribution in [2.24, 2.45) is 5.92 Å². The fourth-order valence-corrected chi connectivity index (χ4v) is 4.70. The standard InChI is InChI=1S/C17H30O4Si/c1-5-19-22(20-6-2,15-17-10-8-7-9-11-17)21-13-12-18-14-16(3)4/h7-11,16H,5-6,12-15H2,1-4H3. The summed E-state index contributed by atoms with van der Waals surface area (Å²) in [6, 6.07) is 10.9.